The smallest absolute Gasteiger partial charge is 0.225 e. The summed E-state index contributed by atoms with van der Waals surface area (Å²) in [7, 11) is 0. The summed E-state index contributed by atoms with van der Waals surface area (Å²) in [5, 5.41) is 0. The van der Waals surface area contributed by atoms with Crippen molar-refractivity contribution in [2.75, 3.05) is 32.7 Å². The Kier molecular flexibility index (Phi) is 4.77. The maximum Gasteiger partial charge on any atom is 0.225 e. The van der Waals surface area contributed by atoms with Gasteiger partial charge in [-0.05, 0) is 36.8 Å². The van der Waals surface area contributed by atoms with Crippen LogP contribution >= 0.6 is 0 Å². The third kappa shape index (κ3) is 3.67. The molecule has 1 saturated heterocycles. The predicted octanol–water partition coefficient (Wildman–Crippen LogP) is 2.56. The maximum atomic E-state index is 13.6. The number of amides is 1. The van der Waals surface area contributed by atoms with E-state index in [1.165, 1.54) is 18.9 Å². The van der Waals surface area contributed by atoms with E-state index >= 15 is 0 Å². The average molecular weight is 304 g/mol. The van der Waals surface area contributed by atoms with Crippen LogP contribution in [0.3, 0.4) is 0 Å². The maximum absolute atomic E-state index is 13.6. The van der Waals surface area contributed by atoms with E-state index in [9.17, 15) is 9.18 Å². The number of hydrogen-bond donors (Lipinski definition) is 0. The molecule has 3 nitrogen and oxygen atoms in total. The van der Waals surface area contributed by atoms with Crippen LogP contribution in [-0.2, 0) is 11.2 Å². The number of nitrogens with zero attached hydrogens (tertiary/aromatic N) is 2. The Bertz CT molecular complexity index is 522. The second kappa shape index (κ2) is 6.78. The van der Waals surface area contributed by atoms with E-state index in [1.54, 1.807) is 6.07 Å². The van der Waals surface area contributed by atoms with Gasteiger partial charge >= 0.3 is 0 Å². The van der Waals surface area contributed by atoms with Gasteiger partial charge in [-0.15, -0.1) is 0 Å². The van der Waals surface area contributed by atoms with E-state index < -0.39 is 0 Å². The minimum Gasteiger partial charge on any atom is -0.340 e. The van der Waals surface area contributed by atoms with Gasteiger partial charge in [0.25, 0.3) is 0 Å². The molecule has 4 heteroatoms. The van der Waals surface area contributed by atoms with Gasteiger partial charge in [-0.1, -0.05) is 25.1 Å². The Hall–Kier alpha value is -1.42. The Morgan fingerprint density at radius 1 is 1.23 bits per heavy atom. The summed E-state index contributed by atoms with van der Waals surface area (Å²) in [4.78, 5) is 16.7. The van der Waals surface area contributed by atoms with E-state index in [0.717, 1.165) is 44.7 Å². The summed E-state index contributed by atoms with van der Waals surface area (Å²) in [5.41, 5.74) is 0.781. The molecule has 2 fully saturated rings. The van der Waals surface area contributed by atoms with E-state index in [1.807, 2.05) is 17.0 Å². The number of rotatable bonds is 5. The molecule has 1 unspecified atom stereocenters. The molecule has 2 aliphatic rings. The number of piperazine rings is 1. The highest BCUT2D eigenvalue weighted by molar-refractivity contribution is 5.79. The Labute approximate surface area is 132 Å². The molecule has 1 aromatic rings. The monoisotopic (exact) mass is 304 g/mol. The van der Waals surface area contributed by atoms with Crippen molar-refractivity contribution in [3.05, 3.63) is 35.6 Å². The molecule has 1 heterocycles. The fourth-order valence-corrected chi connectivity index (χ4v) is 3.26. The Balaban J connectivity index is 1.43. The third-order valence-electron chi connectivity index (χ3n) is 5.06. The largest absolute Gasteiger partial charge is 0.340 e. The lowest BCUT2D eigenvalue weighted by molar-refractivity contribution is -0.137. The topological polar surface area (TPSA) is 23.6 Å². The molecule has 1 aromatic carbocycles. The van der Waals surface area contributed by atoms with E-state index in [2.05, 4.69) is 11.8 Å². The van der Waals surface area contributed by atoms with Crippen molar-refractivity contribution < 1.29 is 9.18 Å². The molecular formula is C18H25FN2O. The zero-order valence-corrected chi connectivity index (χ0v) is 13.3. The predicted molar refractivity (Wildman–Crippen MR) is 85.0 cm³/mol. The molecule has 1 aliphatic carbocycles. The van der Waals surface area contributed by atoms with Crippen molar-refractivity contribution in [3.8, 4) is 0 Å². The molecule has 22 heavy (non-hydrogen) atoms. The highest BCUT2D eigenvalue weighted by Gasteiger charge is 2.35. The molecule has 3 rings (SSSR count). The molecule has 0 radical (unpaired) electrons. The molecule has 0 N–H and O–H groups in total. The second-order valence-electron chi connectivity index (χ2n) is 6.63. The summed E-state index contributed by atoms with van der Waals surface area (Å²) < 4.78 is 13.6. The minimum atomic E-state index is -0.116. The highest BCUT2D eigenvalue weighted by atomic mass is 19.1. The van der Waals surface area contributed by atoms with Gasteiger partial charge < -0.3 is 4.90 Å². The van der Waals surface area contributed by atoms with Crippen molar-refractivity contribution in [1.29, 1.82) is 0 Å². The molecule has 1 amide bonds. The van der Waals surface area contributed by atoms with Crippen LogP contribution in [0.5, 0.6) is 0 Å². The van der Waals surface area contributed by atoms with Crippen LogP contribution in [0, 0.1) is 17.7 Å². The zero-order chi connectivity index (χ0) is 15.5. The van der Waals surface area contributed by atoms with Crippen molar-refractivity contribution in [2.45, 2.75) is 26.2 Å². The van der Waals surface area contributed by atoms with E-state index in [0.29, 0.717) is 11.8 Å². The van der Waals surface area contributed by atoms with Gasteiger partial charge in [0.15, 0.2) is 0 Å². The molecule has 1 atom stereocenters. The number of benzene rings is 1. The van der Waals surface area contributed by atoms with Crippen LogP contribution in [0.25, 0.3) is 0 Å². The summed E-state index contributed by atoms with van der Waals surface area (Å²) in [6.45, 7) is 6.36. The van der Waals surface area contributed by atoms with Crippen molar-refractivity contribution in [3.63, 3.8) is 0 Å². The first kappa shape index (κ1) is 15.5. The van der Waals surface area contributed by atoms with Gasteiger partial charge in [-0.2, -0.15) is 0 Å². The Morgan fingerprint density at radius 2 is 1.91 bits per heavy atom. The average Bonchev–Trinajstić information content (AvgIpc) is 3.38. The molecule has 0 spiro atoms. The van der Waals surface area contributed by atoms with Crippen molar-refractivity contribution >= 4 is 5.91 Å². The number of hydrogen-bond acceptors (Lipinski definition) is 2. The van der Waals surface area contributed by atoms with Crippen molar-refractivity contribution in [1.82, 2.24) is 9.80 Å². The summed E-state index contributed by atoms with van der Waals surface area (Å²) in [5.74, 6) is 1.04. The molecule has 0 aromatic heterocycles. The molecule has 120 valence electrons. The molecule has 0 bridgehead atoms. The molecular weight excluding hydrogens is 279 g/mol. The number of halogens is 1. The minimum absolute atomic E-state index is 0.116. The first-order chi connectivity index (χ1) is 10.6. The van der Waals surface area contributed by atoms with Crippen LogP contribution in [0.15, 0.2) is 24.3 Å². The lowest BCUT2D eigenvalue weighted by Gasteiger charge is -2.36. The molecule has 1 aliphatic heterocycles. The quantitative estimate of drug-likeness (QED) is 0.835. The summed E-state index contributed by atoms with van der Waals surface area (Å²) in [6.07, 6.45) is 3.17. The first-order valence-electron chi connectivity index (χ1n) is 8.39. The Morgan fingerprint density at radius 3 is 2.55 bits per heavy atom. The van der Waals surface area contributed by atoms with E-state index in [-0.39, 0.29) is 11.7 Å². The molecule has 1 saturated carbocycles. The SMILES string of the molecule is CC(C(=O)N1CCN(CCc2ccccc2F)CC1)C1CC1. The third-order valence-corrected chi connectivity index (χ3v) is 5.06. The van der Waals surface area contributed by atoms with Crippen molar-refractivity contribution in [2.24, 2.45) is 11.8 Å². The zero-order valence-electron chi connectivity index (χ0n) is 13.3. The summed E-state index contributed by atoms with van der Waals surface area (Å²) >= 11 is 0. The van der Waals surface area contributed by atoms with Gasteiger partial charge in [-0.25, -0.2) is 4.39 Å². The summed E-state index contributed by atoms with van der Waals surface area (Å²) in [6, 6.07) is 6.98. The van der Waals surface area contributed by atoms with Gasteiger partial charge in [0, 0.05) is 38.6 Å². The van der Waals surface area contributed by atoms with E-state index in [4.69, 9.17) is 0 Å². The van der Waals surface area contributed by atoms with Crippen LogP contribution < -0.4 is 0 Å². The van der Waals surface area contributed by atoms with Crippen LogP contribution in [-0.4, -0.2) is 48.4 Å². The fraction of sp³-hybridized carbons (Fsp3) is 0.611. The highest BCUT2D eigenvalue weighted by Crippen LogP contribution is 2.37. The van der Waals surface area contributed by atoms with Crippen LogP contribution in [0.1, 0.15) is 25.3 Å². The second-order valence-corrected chi connectivity index (χ2v) is 6.63. The lowest BCUT2D eigenvalue weighted by Crippen LogP contribution is -2.50. The van der Waals surface area contributed by atoms with Crippen LogP contribution in [0.2, 0.25) is 0 Å². The first-order valence-corrected chi connectivity index (χ1v) is 8.39. The van der Waals surface area contributed by atoms with Gasteiger partial charge in [-0.3, -0.25) is 9.69 Å². The van der Waals surface area contributed by atoms with Gasteiger partial charge in [0.05, 0.1) is 0 Å². The number of carbonyl (C=O) groups is 1. The fourth-order valence-electron chi connectivity index (χ4n) is 3.26. The van der Waals surface area contributed by atoms with Crippen LogP contribution in [0.4, 0.5) is 4.39 Å². The standard InChI is InChI=1S/C18H25FN2O/c1-14(15-6-7-15)18(22)21-12-10-20(11-13-21)9-8-16-4-2-3-5-17(16)19/h2-5,14-15H,6-13H2,1H3. The number of carbonyl (C=O) groups excluding carboxylic acids is 1. The normalized spacial score (nSPS) is 20.9. The van der Waals surface area contributed by atoms with Gasteiger partial charge in [0.1, 0.15) is 5.82 Å². The van der Waals surface area contributed by atoms with Gasteiger partial charge in [0.2, 0.25) is 5.91 Å². The lowest BCUT2D eigenvalue weighted by atomic mass is 10.0.